The summed E-state index contributed by atoms with van der Waals surface area (Å²) in [5, 5.41) is 3.43. The molecule has 0 fully saturated rings. The second-order valence-electron chi connectivity index (χ2n) is 6.13. The smallest absolute Gasteiger partial charge is 0.221 e. The topological polar surface area (TPSA) is 34.1 Å². The Morgan fingerprint density at radius 2 is 1.90 bits per heavy atom. The predicted octanol–water partition coefficient (Wildman–Crippen LogP) is 4.19. The highest BCUT2D eigenvalue weighted by Gasteiger charge is 2.30. The van der Waals surface area contributed by atoms with Crippen molar-refractivity contribution < 1.29 is 4.74 Å². The molecular formula is C17H20N2O. The van der Waals surface area contributed by atoms with Crippen LogP contribution in [0.3, 0.4) is 0 Å². The lowest BCUT2D eigenvalue weighted by molar-refractivity contribution is 0.455. The molecule has 0 unspecified atom stereocenters. The standard InChI is InChI=1S/C17H20N2O/c1-11-6-5-7-12(2)16(11)20-15-8-14-13(9-18-15)17(3,4)10-19-14/h5-9,19H,10H2,1-4H3. The first kappa shape index (κ1) is 13.0. The summed E-state index contributed by atoms with van der Waals surface area (Å²) in [6.07, 6.45) is 1.93. The van der Waals surface area contributed by atoms with Gasteiger partial charge in [0.05, 0.1) is 0 Å². The van der Waals surface area contributed by atoms with Crippen LogP contribution in [-0.2, 0) is 5.41 Å². The minimum Gasteiger partial charge on any atom is -0.438 e. The molecule has 0 saturated heterocycles. The molecule has 2 aromatic rings. The number of hydrogen-bond donors (Lipinski definition) is 1. The third-order valence-corrected chi connectivity index (χ3v) is 3.94. The van der Waals surface area contributed by atoms with Crippen LogP contribution in [0, 0.1) is 13.8 Å². The molecule has 2 heterocycles. The lowest BCUT2D eigenvalue weighted by Crippen LogP contribution is -2.18. The van der Waals surface area contributed by atoms with Crippen molar-refractivity contribution in [2.45, 2.75) is 33.1 Å². The van der Waals surface area contributed by atoms with E-state index in [4.69, 9.17) is 4.74 Å². The first-order chi connectivity index (χ1) is 9.47. The van der Waals surface area contributed by atoms with Crippen LogP contribution in [0.25, 0.3) is 0 Å². The predicted molar refractivity (Wildman–Crippen MR) is 81.7 cm³/mol. The number of anilines is 1. The minimum atomic E-state index is 0.138. The number of pyridine rings is 1. The van der Waals surface area contributed by atoms with Crippen LogP contribution in [0.2, 0.25) is 0 Å². The van der Waals surface area contributed by atoms with E-state index in [1.807, 2.05) is 18.3 Å². The van der Waals surface area contributed by atoms with E-state index in [-0.39, 0.29) is 5.41 Å². The number of para-hydroxylation sites is 1. The van der Waals surface area contributed by atoms with E-state index >= 15 is 0 Å². The largest absolute Gasteiger partial charge is 0.438 e. The highest BCUT2D eigenvalue weighted by atomic mass is 16.5. The Morgan fingerprint density at radius 3 is 2.60 bits per heavy atom. The average Bonchev–Trinajstić information content (AvgIpc) is 2.70. The van der Waals surface area contributed by atoms with Gasteiger partial charge in [-0.05, 0) is 25.0 Å². The maximum atomic E-state index is 5.98. The fourth-order valence-corrected chi connectivity index (χ4v) is 2.65. The van der Waals surface area contributed by atoms with E-state index in [0.29, 0.717) is 5.88 Å². The van der Waals surface area contributed by atoms with Gasteiger partial charge in [-0.15, -0.1) is 0 Å². The average molecular weight is 268 g/mol. The summed E-state index contributed by atoms with van der Waals surface area (Å²) >= 11 is 0. The van der Waals surface area contributed by atoms with Gasteiger partial charge >= 0.3 is 0 Å². The van der Waals surface area contributed by atoms with E-state index in [2.05, 4.69) is 50.1 Å². The van der Waals surface area contributed by atoms with Gasteiger partial charge in [-0.2, -0.15) is 0 Å². The third-order valence-electron chi connectivity index (χ3n) is 3.94. The van der Waals surface area contributed by atoms with Crippen molar-refractivity contribution in [1.29, 1.82) is 0 Å². The molecule has 1 aliphatic heterocycles. The van der Waals surface area contributed by atoms with Crippen molar-refractivity contribution in [3.05, 3.63) is 47.2 Å². The lowest BCUT2D eigenvalue weighted by Gasteiger charge is -2.16. The molecule has 3 heteroatoms. The third kappa shape index (κ3) is 2.13. The van der Waals surface area contributed by atoms with Crippen LogP contribution in [0.15, 0.2) is 30.5 Å². The molecule has 1 aliphatic rings. The van der Waals surface area contributed by atoms with Gasteiger partial charge in [0, 0.05) is 35.5 Å². The molecule has 0 saturated carbocycles. The Kier molecular flexibility index (Phi) is 2.93. The summed E-state index contributed by atoms with van der Waals surface area (Å²) in [5.41, 5.74) is 4.78. The quantitative estimate of drug-likeness (QED) is 0.886. The van der Waals surface area contributed by atoms with Gasteiger partial charge in [0.15, 0.2) is 0 Å². The van der Waals surface area contributed by atoms with Gasteiger partial charge in [-0.25, -0.2) is 4.98 Å². The molecule has 0 aliphatic carbocycles. The van der Waals surface area contributed by atoms with Gasteiger partial charge in [0.2, 0.25) is 5.88 Å². The maximum Gasteiger partial charge on any atom is 0.221 e. The summed E-state index contributed by atoms with van der Waals surface area (Å²) in [7, 11) is 0. The Labute approximate surface area is 120 Å². The molecule has 1 N–H and O–H groups in total. The summed E-state index contributed by atoms with van der Waals surface area (Å²) in [6, 6.07) is 8.14. The Balaban J connectivity index is 1.94. The Morgan fingerprint density at radius 1 is 1.20 bits per heavy atom. The fraction of sp³-hybridized carbons (Fsp3) is 0.353. The molecule has 0 radical (unpaired) electrons. The van der Waals surface area contributed by atoms with E-state index in [1.165, 1.54) is 5.56 Å². The first-order valence-electron chi connectivity index (χ1n) is 6.96. The van der Waals surface area contributed by atoms with Crippen LogP contribution >= 0.6 is 0 Å². The van der Waals surface area contributed by atoms with Crippen molar-refractivity contribution in [3.8, 4) is 11.6 Å². The number of hydrogen-bond acceptors (Lipinski definition) is 3. The number of rotatable bonds is 2. The first-order valence-corrected chi connectivity index (χ1v) is 6.96. The molecule has 104 valence electrons. The molecule has 0 bridgehead atoms. The fourth-order valence-electron chi connectivity index (χ4n) is 2.65. The van der Waals surface area contributed by atoms with Crippen molar-refractivity contribution >= 4 is 5.69 Å². The molecule has 3 rings (SSSR count). The van der Waals surface area contributed by atoms with E-state index < -0.39 is 0 Å². The van der Waals surface area contributed by atoms with Crippen LogP contribution in [-0.4, -0.2) is 11.5 Å². The molecule has 1 aromatic carbocycles. The number of aryl methyl sites for hydroxylation is 2. The monoisotopic (exact) mass is 268 g/mol. The van der Waals surface area contributed by atoms with Crippen molar-refractivity contribution in [1.82, 2.24) is 4.98 Å². The number of benzene rings is 1. The zero-order valence-electron chi connectivity index (χ0n) is 12.4. The highest BCUT2D eigenvalue weighted by Crippen LogP contribution is 2.38. The summed E-state index contributed by atoms with van der Waals surface area (Å²) in [5.74, 6) is 1.54. The Bertz CT molecular complexity index is 642. The maximum absolute atomic E-state index is 5.98. The summed E-state index contributed by atoms with van der Waals surface area (Å²) in [6.45, 7) is 9.49. The van der Waals surface area contributed by atoms with Gasteiger partial charge in [-0.3, -0.25) is 0 Å². The number of fused-ring (bicyclic) bond motifs is 1. The molecular weight excluding hydrogens is 248 g/mol. The lowest BCUT2D eigenvalue weighted by atomic mass is 9.88. The van der Waals surface area contributed by atoms with Gasteiger partial charge in [0.1, 0.15) is 5.75 Å². The van der Waals surface area contributed by atoms with E-state index in [9.17, 15) is 0 Å². The summed E-state index contributed by atoms with van der Waals surface area (Å²) in [4.78, 5) is 4.46. The van der Waals surface area contributed by atoms with Crippen LogP contribution in [0.4, 0.5) is 5.69 Å². The SMILES string of the molecule is Cc1cccc(C)c1Oc1cc2c(cn1)C(C)(C)CN2. The Hall–Kier alpha value is -2.03. The molecule has 0 atom stereocenters. The minimum absolute atomic E-state index is 0.138. The van der Waals surface area contributed by atoms with Gasteiger partial charge in [0.25, 0.3) is 0 Å². The summed E-state index contributed by atoms with van der Waals surface area (Å²) < 4.78 is 5.98. The normalized spacial score (nSPS) is 15.6. The van der Waals surface area contributed by atoms with Crippen LogP contribution in [0.1, 0.15) is 30.5 Å². The molecule has 20 heavy (non-hydrogen) atoms. The zero-order chi connectivity index (χ0) is 14.3. The second kappa shape index (κ2) is 4.51. The zero-order valence-corrected chi connectivity index (χ0v) is 12.4. The number of ether oxygens (including phenoxy) is 1. The second-order valence-corrected chi connectivity index (χ2v) is 6.13. The van der Waals surface area contributed by atoms with Crippen molar-refractivity contribution in [3.63, 3.8) is 0 Å². The van der Waals surface area contributed by atoms with Crippen LogP contribution < -0.4 is 10.1 Å². The molecule has 1 aromatic heterocycles. The number of nitrogens with one attached hydrogen (secondary N) is 1. The van der Waals surface area contributed by atoms with E-state index in [0.717, 1.165) is 29.1 Å². The number of aromatic nitrogens is 1. The van der Waals surface area contributed by atoms with Crippen molar-refractivity contribution in [2.75, 3.05) is 11.9 Å². The van der Waals surface area contributed by atoms with Gasteiger partial charge in [-0.1, -0.05) is 32.0 Å². The highest BCUT2D eigenvalue weighted by molar-refractivity contribution is 5.61. The molecule has 3 nitrogen and oxygen atoms in total. The van der Waals surface area contributed by atoms with Crippen LogP contribution in [0.5, 0.6) is 11.6 Å². The van der Waals surface area contributed by atoms with Gasteiger partial charge < -0.3 is 10.1 Å². The molecule has 0 spiro atoms. The van der Waals surface area contributed by atoms with Crippen molar-refractivity contribution in [2.24, 2.45) is 0 Å². The molecule has 0 amide bonds. The number of nitrogens with zero attached hydrogens (tertiary/aromatic N) is 1. The van der Waals surface area contributed by atoms with E-state index in [1.54, 1.807) is 0 Å².